The monoisotopic (exact) mass is 355 g/mol. The average Bonchev–Trinajstić information content (AvgIpc) is 2.67. The van der Waals surface area contributed by atoms with Gasteiger partial charge in [-0.05, 0) is 35.2 Å². The standard InChI is InChI=1S/C22H13NO4/c1-13(24)26-16-8-10-17-15(11-16)7-9-18-20(14-5-3-2-4-6-14)19(12-23)22(25)27-21(17)18/h2-11H,1H3. The van der Waals surface area contributed by atoms with Crippen LogP contribution >= 0.6 is 0 Å². The fraction of sp³-hybridized carbons (Fsp3) is 0.0455. The number of rotatable bonds is 2. The van der Waals surface area contributed by atoms with E-state index in [1.54, 1.807) is 24.3 Å². The topological polar surface area (TPSA) is 80.3 Å². The zero-order valence-corrected chi connectivity index (χ0v) is 14.4. The molecule has 4 aromatic rings. The van der Waals surface area contributed by atoms with Crippen LogP contribution in [0.3, 0.4) is 0 Å². The van der Waals surface area contributed by atoms with Crippen molar-refractivity contribution in [1.82, 2.24) is 0 Å². The van der Waals surface area contributed by atoms with Crippen LogP contribution in [0.1, 0.15) is 12.5 Å². The molecular formula is C22H13NO4. The average molecular weight is 355 g/mol. The van der Waals surface area contributed by atoms with Crippen LogP contribution in [0.2, 0.25) is 0 Å². The first-order valence-corrected chi connectivity index (χ1v) is 8.26. The highest BCUT2D eigenvalue weighted by atomic mass is 16.5. The van der Waals surface area contributed by atoms with E-state index < -0.39 is 11.6 Å². The van der Waals surface area contributed by atoms with E-state index in [4.69, 9.17) is 9.15 Å². The van der Waals surface area contributed by atoms with Gasteiger partial charge in [0.25, 0.3) is 0 Å². The Labute approximate surface area is 154 Å². The van der Waals surface area contributed by atoms with Crippen LogP contribution in [0, 0.1) is 11.3 Å². The molecule has 0 spiro atoms. The fourth-order valence-electron chi connectivity index (χ4n) is 3.20. The van der Waals surface area contributed by atoms with E-state index in [2.05, 4.69) is 0 Å². The summed E-state index contributed by atoms with van der Waals surface area (Å²) >= 11 is 0. The molecule has 0 saturated carbocycles. The van der Waals surface area contributed by atoms with E-state index in [9.17, 15) is 14.9 Å². The van der Waals surface area contributed by atoms with Gasteiger partial charge in [0.05, 0.1) is 0 Å². The number of carbonyl (C=O) groups is 1. The Morgan fingerprint density at radius 3 is 2.48 bits per heavy atom. The summed E-state index contributed by atoms with van der Waals surface area (Å²) in [5, 5.41) is 11.6. The van der Waals surface area contributed by atoms with Crippen LogP contribution in [0.25, 0.3) is 32.9 Å². The largest absolute Gasteiger partial charge is 0.427 e. The van der Waals surface area contributed by atoms with Gasteiger partial charge in [0, 0.05) is 23.3 Å². The second-order valence-corrected chi connectivity index (χ2v) is 6.04. The number of esters is 1. The van der Waals surface area contributed by atoms with Gasteiger partial charge in [0.2, 0.25) is 0 Å². The molecule has 130 valence electrons. The Balaban J connectivity index is 2.08. The number of benzene rings is 3. The van der Waals surface area contributed by atoms with Crippen molar-refractivity contribution in [3.8, 4) is 22.9 Å². The van der Waals surface area contributed by atoms with Gasteiger partial charge in [-0.25, -0.2) is 4.79 Å². The van der Waals surface area contributed by atoms with E-state index >= 15 is 0 Å². The number of carbonyl (C=O) groups excluding carboxylic acids is 1. The Bertz CT molecular complexity index is 1300. The molecule has 0 fully saturated rings. The Morgan fingerprint density at radius 1 is 1.04 bits per heavy atom. The molecule has 0 amide bonds. The Hall–Kier alpha value is -3.91. The normalized spacial score (nSPS) is 10.7. The minimum Gasteiger partial charge on any atom is -0.427 e. The summed E-state index contributed by atoms with van der Waals surface area (Å²) in [6.07, 6.45) is 0. The summed E-state index contributed by atoms with van der Waals surface area (Å²) < 4.78 is 10.6. The van der Waals surface area contributed by atoms with Gasteiger partial charge < -0.3 is 9.15 Å². The molecule has 0 atom stereocenters. The van der Waals surface area contributed by atoms with Crippen LogP contribution < -0.4 is 10.4 Å². The number of ether oxygens (including phenoxy) is 1. The highest BCUT2D eigenvalue weighted by Crippen LogP contribution is 2.35. The number of hydrogen-bond acceptors (Lipinski definition) is 5. The molecule has 1 heterocycles. The maximum Gasteiger partial charge on any atom is 0.354 e. The lowest BCUT2D eigenvalue weighted by atomic mass is 9.95. The first-order chi connectivity index (χ1) is 13.1. The molecule has 27 heavy (non-hydrogen) atoms. The molecule has 1 aromatic heterocycles. The molecule has 0 bridgehead atoms. The van der Waals surface area contributed by atoms with Gasteiger partial charge in [-0.15, -0.1) is 0 Å². The molecule has 5 nitrogen and oxygen atoms in total. The highest BCUT2D eigenvalue weighted by molar-refractivity contribution is 6.10. The first kappa shape index (κ1) is 16.6. The lowest BCUT2D eigenvalue weighted by molar-refractivity contribution is -0.131. The predicted molar refractivity (Wildman–Crippen MR) is 101 cm³/mol. The SMILES string of the molecule is CC(=O)Oc1ccc2c(ccc3c(-c4ccccc4)c(C#N)c(=O)oc32)c1. The number of hydrogen-bond donors (Lipinski definition) is 0. The second-order valence-electron chi connectivity index (χ2n) is 6.04. The number of nitriles is 1. The van der Waals surface area contributed by atoms with Crippen molar-refractivity contribution < 1.29 is 13.9 Å². The molecule has 0 aliphatic heterocycles. The molecular weight excluding hydrogens is 342 g/mol. The van der Waals surface area contributed by atoms with E-state index in [0.29, 0.717) is 27.7 Å². The zero-order chi connectivity index (χ0) is 19.0. The van der Waals surface area contributed by atoms with Crippen molar-refractivity contribution in [2.24, 2.45) is 0 Å². The molecule has 0 aliphatic carbocycles. The van der Waals surface area contributed by atoms with Gasteiger partial charge in [0.15, 0.2) is 0 Å². The van der Waals surface area contributed by atoms with E-state index in [1.807, 2.05) is 42.5 Å². The van der Waals surface area contributed by atoms with Gasteiger partial charge in [-0.2, -0.15) is 5.26 Å². The summed E-state index contributed by atoms with van der Waals surface area (Å²) in [4.78, 5) is 23.6. The lowest BCUT2D eigenvalue weighted by Crippen LogP contribution is -2.07. The molecule has 0 aliphatic rings. The lowest BCUT2D eigenvalue weighted by Gasteiger charge is -2.10. The van der Waals surface area contributed by atoms with Crippen molar-refractivity contribution in [1.29, 1.82) is 5.26 Å². The molecule has 4 rings (SSSR count). The third kappa shape index (κ3) is 2.83. The molecule has 0 radical (unpaired) electrons. The number of fused-ring (bicyclic) bond motifs is 3. The summed E-state index contributed by atoms with van der Waals surface area (Å²) in [6, 6.07) is 20.0. The smallest absolute Gasteiger partial charge is 0.354 e. The molecule has 3 aromatic carbocycles. The molecule has 0 saturated heterocycles. The minimum absolute atomic E-state index is 0.0235. The molecule has 0 unspecified atom stereocenters. The van der Waals surface area contributed by atoms with E-state index in [1.165, 1.54) is 6.92 Å². The van der Waals surface area contributed by atoms with Gasteiger partial charge >= 0.3 is 11.6 Å². The van der Waals surface area contributed by atoms with E-state index in [-0.39, 0.29) is 5.56 Å². The first-order valence-electron chi connectivity index (χ1n) is 8.26. The Kier molecular flexibility index (Phi) is 3.94. The summed E-state index contributed by atoms with van der Waals surface area (Å²) in [5.41, 5.74) is 1.01. The predicted octanol–water partition coefficient (Wildman–Crippen LogP) is 4.41. The molecule has 0 N–H and O–H groups in total. The van der Waals surface area contributed by atoms with Crippen LogP contribution in [-0.4, -0.2) is 5.97 Å². The van der Waals surface area contributed by atoms with Gasteiger partial charge in [-0.1, -0.05) is 36.4 Å². The van der Waals surface area contributed by atoms with Gasteiger partial charge in [-0.3, -0.25) is 4.79 Å². The number of nitrogens with zero attached hydrogens (tertiary/aromatic N) is 1. The zero-order valence-electron chi connectivity index (χ0n) is 14.4. The third-order valence-corrected chi connectivity index (χ3v) is 4.30. The maximum atomic E-state index is 12.5. The maximum absolute atomic E-state index is 12.5. The van der Waals surface area contributed by atoms with Crippen molar-refractivity contribution in [2.75, 3.05) is 0 Å². The van der Waals surface area contributed by atoms with Crippen LogP contribution in [0.5, 0.6) is 5.75 Å². The third-order valence-electron chi connectivity index (χ3n) is 4.30. The Morgan fingerprint density at radius 2 is 1.78 bits per heavy atom. The fourth-order valence-corrected chi connectivity index (χ4v) is 3.20. The minimum atomic E-state index is -0.680. The van der Waals surface area contributed by atoms with Crippen LogP contribution in [0.15, 0.2) is 69.9 Å². The van der Waals surface area contributed by atoms with Crippen LogP contribution in [0.4, 0.5) is 0 Å². The van der Waals surface area contributed by atoms with Crippen molar-refractivity contribution >= 4 is 27.7 Å². The van der Waals surface area contributed by atoms with Crippen LogP contribution in [-0.2, 0) is 4.79 Å². The van der Waals surface area contributed by atoms with Crippen molar-refractivity contribution in [2.45, 2.75) is 6.92 Å². The van der Waals surface area contributed by atoms with Crippen molar-refractivity contribution in [3.05, 3.63) is 76.6 Å². The van der Waals surface area contributed by atoms with Gasteiger partial charge in [0.1, 0.15) is 23.0 Å². The summed E-state index contributed by atoms with van der Waals surface area (Å²) in [7, 11) is 0. The summed E-state index contributed by atoms with van der Waals surface area (Å²) in [6.45, 7) is 1.33. The quantitative estimate of drug-likeness (QED) is 0.230. The second kappa shape index (κ2) is 6.43. The van der Waals surface area contributed by atoms with E-state index in [0.717, 1.165) is 10.9 Å². The van der Waals surface area contributed by atoms with Crippen molar-refractivity contribution in [3.63, 3.8) is 0 Å². The molecule has 5 heteroatoms. The highest BCUT2D eigenvalue weighted by Gasteiger charge is 2.18. The summed E-state index contributed by atoms with van der Waals surface area (Å²) in [5.74, 6) is 0.000298.